The lowest BCUT2D eigenvalue weighted by Crippen LogP contribution is -2.16. The molecule has 94 valence electrons. The number of terminal acetylenes is 1. The number of hydrogen-bond donors (Lipinski definition) is 0. The van der Waals surface area contributed by atoms with E-state index < -0.39 is 0 Å². The van der Waals surface area contributed by atoms with Gasteiger partial charge in [0.15, 0.2) is 5.78 Å². The minimum absolute atomic E-state index is 0.0902. The van der Waals surface area contributed by atoms with Crippen LogP contribution in [0.1, 0.15) is 16.8 Å². The van der Waals surface area contributed by atoms with Gasteiger partial charge in [-0.05, 0) is 12.1 Å². The maximum Gasteiger partial charge on any atom is 0.177 e. The first-order valence-electron chi connectivity index (χ1n) is 6.05. The highest BCUT2D eigenvalue weighted by molar-refractivity contribution is 8.00. The van der Waals surface area contributed by atoms with E-state index in [9.17, 15) is 4.79 Å². The first-order chi connectivity index (χ1) is 9.31. The number of carbonyl (C=O) groups is 1. The molecule has 0 bridgehead atoms. The molecule has 0 fully saturated rings. The van der Waals surface area contributed by atoms with Gasteiger partial charge in [-0.15, -0.1) is 24.1 Å². The SMILES string of the molecule is C#CCC(Sc1ccccc1)C(=O)c1ccccc1. The van der Waals surface area contributed by atoms with Crippen LogP contribution in [0.2, 0.25) is 0 Å². The summed E-state index contributed by atoms with van der Waals surface area (Å²) in [5.74, 6) is 2.69. The van der Waals surface area contributed by atoms with Crippen LogP contribution in [0.5, 0.6) is 0 Å². The average molecular weight is 266 g/mol. The molecular weight excluding hydrogens is 252 g/mol. The van der Waals surface area contributed by atoms with Crippen molar-refractivity contribution < 1.29 is 4.79 Å². The summed E-state index contributed by atoms with van der Waals surface area (Å²) in [4.78, 5) is 13.5. The minimum atomic E-state index is -0.227. The van der Waals surface area contributed by atoms with E-state index in [4.69, 9.17) is 6.42 Å². The van der Waals surface area contributed by atoms with Gasteiger partial charge in [0.05, 0.1) is 5.25 Å². The lowest BCUT2D eigenvalue weighted by molar-refractivity contribution is 0.0990. The summed E-state index contributed by atoms with van der Waals surface area (Å²) >= 11 is 1.52. The van der Waals surface area contributed by atoms with E-state index in [-0.39, 0.29) is 11.0 Å². The Labute approximate surface area is 118 Å². The molecule has 0 saturated carbocycles. The van der Waals surface area contributed by atoms with Gasteiger partial charge in [-0.2, -0.15) is 0 Å². The number of rotatable bonds is 5. The van der Waals surface area contributed by atoms with Gasteiger partial charge in [0, 0.05) is 16.9 Å². The predicted octanol–water partition coefficient (Wildman–Crippen LogP) is 4.05. The number of hydrogen-bond acceptors (Lipinski definition) is 2. The minimum Gasteiger partial charge on any atom is -0.293 e. The van der Waals surface area contributed by atoms with Gasteiger partial charge in [-0.25, -0.2) is 0 Å². The highest BCUT2D eigenvalue weighted by Gasteiger charge is 2.20. The Hall–Kier alpha value is -1.98. The van der Waals surface area contributed by atoms with Crippen molar-refractivity contribution in [2.75, 3.05) is 0 Å². The lowest BCUT2D eigenvalue weighted by Gasteiger charge is -2.12. The molecule has 0 radical (unpaired) electrons. The average Bonchev–Trinajstić information content (AvgIpc) is 2.48. The zero-order valence-corrected chi connectivity index (χ0v) is 11.3. The van der Waals surface area contributed by atoms with E-state index in [0.29, 0.717) is 12.0 Å². The Morgan fingerprint density at radius 1 is 1.05 bits per heavy atom. The molecule has 1 unspecified atom stereocenters. The summed E-state index contributed by atoms with van der Waals surface area (Å²) in [6.07, 6.45) is 5.82. The number of carbonyl (C=O) groups excluding carboxylic acids is 1. The van der Waals surface area contributed by atoms with Crippen LogP contribution in [0.3, 0.4) is 0 Å². The van der Waals surface area contributed by atoms with Crippen molar-refractivity contribution in [3.63, 3.8) is 0 Å². The van der Waals surface area contributed by atoms with E-state index >= 15 is 0 Å². The van der Waals surface area contributed by atoms with Gasteiger partial charge in [-0.1, -0.05) is 48.5 Å². The van der Waals surface area contributed by atoms with Crippen molar-refractivity contribution in [1.29, 1.82) is 0 Å². The molecule has 0 aliphatic carbocycles. The third-order valence-electron chi connectivity index (χ3n) is 2.68. The zero-order valence-electron chi connectivity index (χ0n) is 10.5. The first kappa shape index (κ1) is 13.5. The maximum absolute atomic E-state index is 12.4. The summed E-state index contributed by atoms with van der Waals surface area (Å²) in [5.41, 5.74) is 0.714. The Balaban J connectivity index is 2.17. The molecule has 0 aromatic heterocycles. The quantitative estimate of drug-likeness (QED) is 0.461. The van der Waals surface area contributed by atoms with Gasteiger partial charge < -0.3 is 0 Å². The van der Waals surface area contributed by atoms with Gasteiger partial charge >= 0.3 is 0 Å². The fourth-order valence-electron chi connectivity index (χ4n) is 1.75. The van der Waals surface area contributed by atoms with Crippen LogP contribution in [0.4, 0.5) is 0 Å². The second kappa shape index (κ2) is 6.82. The van der Waals surface area contributed by atoms with Crippen molar-refractivity contribution in [2.45, 2.75) is 16.6 Å². The van der Waals surface area contributed by atoms with Crippen LogP contribution in [-0.4, -0.2) is 11.0 Å². The summed E-state index contributed by atoms with van der Waals surface area (Å²) in [6, 6.07) is 19.2. The molecule has 2 aromatic rings. The lowest BCUT2D eigenvalue weighted by atomic mass is 10.1. The Morgan fingerprint density at radius 3 is 2.21 bits per heavy atom. The third kappa shape index (κ3) is 3.74. The topological polar surface area (TPSA) is 17.1 Å². The van der Waals surface area contributed by atoms with Crippen molar-refractivity contribution in [1.82, 2.24) is 0 Å². The maximum atomic E-state index is 12.4. The van der Waals surface area contributed by atoms with E-state index in [2.05, 4.69) is 5.92 Å². The molecule has 2 aromatic carbocycles. The van der Waals surface area contributed by atoms with Crippen molar-refractivity contribution in [3.05, 3.63) is 66.2 Å². The number of benzene rings is 2. The first-order valence-corrected chi connectivity index (χ1v) is 6.93. The monoisotopic (exact) mass is 266 g/mol. The van der Waals surface area contributed by atoms with Gasteiger partial charge in [0.1, 0.15) is 0 Å². The van der Waals surface area contributed by atoms with Crippen molar-refractivity contribution in [2.24, 2.45) is 0 Å². The van der Waals surface area contributed by atoms with Gasteiger partial charge in [0.2, 0.25) is 0 Å². The molecule has 0 amide bonds. The van der Waals surface area contributed by atoms with Crippen LogP contribution in [0, 0.1) is 12.3 Å². The summed E-state index contributed by atoms with van der Waals surface area (Å²) in [7, 11) is 0. The predicted molar refractivity (Wildman–Crippen MR) is 80.3 cm³/mol. The molecule has 0 saturated heterocycles. The number of ketones is 1. The summed E-state index contributed by atoms with van der Waals surface area (Å²) < 4.78 is 0. The molecule has 0 heterocycles. The van der Waals surface area contributed by atoms with E-state index in [1.54, 1.807) is 0 Å². The van der Waals surface area contributed by atoms with Crippen LogP contribution in [-0.2, 0) is 0 Å². The number of Topliss-reactive ketones (excluding diaryl/α,β-unsaturated/α-hetero) is 1. The Morgan fingerprint density at radius 2 is 1.63 bits per heavy atom. The van der Waals surface area contributed by atoms with Gasteiger partial charge in [-0.3, -0.25) is 4.79 Å². The third-order valence-corrected chi connectivity index (χ3v) is 3.89. The molecular formula is C17H14OS. The zero-order chi connectivity index (χ0) is 13.5. The highest BCUT2D eigenvalue weighted by Crippen LogP contribution is 2.27. The van der Waals surface area contributed by atoms with E-state index in [1.807, 2.05) is 60.7 Å². The Kier molecular flexibility index (Phi) is 4.83. The van der Waals surface area contributed by atoms with E-state index in [0.717, 1.165) is 4.90 Å². The van der Waals surface area contributed by atoms with Gasteiger partial charge in [0.25, 0.3) is 0 Å². The Bertz CT molecular complexity index is 569. The highest BCUT2D eigenvalue weighted by atomic mass is 32.2. The van der Waals surface area contributed by atoms with Crippen LogP contribution >= 0.6 is 11.8 Å². The molecule has 0 N–H and O–H groups in total. The molecule has 0 aliphatic heterocycles. The van der Waals surface area contributed by atoms with Crippen molar-refractivity contribution in [3.8, 4) is 12.3 Å². The fourth-order valence-corrected chi connectivity index (χ4v) is 2.81. The van der Waals surface area contributed by atoms with Crippen LogP contribution in [0.15, 0.2) is 65.6 Å². The van der Waals surface area contributed by atoms with E-state index in [1.165, 1.54) is 11.8 Å². The fraction of sp³-hybridized carbons (Fsp3) is 0.118. The smallest absolute Gasteiger partial charge is 0.177 e. The van der Waals surface area contributed by atoms with Crippen molar-refractivity contribution >= 4 is 17.5 Å². The molecule has 2 rings (SSSR count). The summed E-state index contributed by atoms with van der Waals surface area (Å²) in [5, 5.41) is -0.227. The molecule has 2 heteroatoms. The molecule has 1 atom stereocenters. The van der Waals surface area contributed by atoms with Crippen LogP contribution in [0.25, 0.3) is 0 Å². The molecule has 1 nitrogen and oxygen atoms in total. The second-order valence-corrected chi connectivity index (χ2v) is 5.33. The summed E-state index contributed by atoms with van der Waals surface area (Å²) in [6.45, 7) is 0. The molecule has 0 aliphatic rings. The normalized spacial score (nSPS) is 11.5. The molecule has 19 heavy (non-hydrogen) atoms. The largest absolute Gasteiger partial charge is 0.293 e. The number of thioether (sulfide) groups is 1. The second-order valence-electron chi connectivity index (χ2n) is 4.06. The molecule has 0 spiro atoms. The van der Waals surface area contributed by atoms with Crippen LogP contribution < -0.4 is 0 Å². The standard InChI is InChI=1S/C17H14OS/c1-2-9-16(19-15-12-7-4-8-13-15)17(18)14-10-5-3-6-11-14/h1,3-8,10-13,16H,9H2.